The van der Waals surface area contributed by atoms with Crippen molar-refractivity contribution in [2.24, 2.45) is 23.2 Å². The summed E-state index contributed by atoms with van der Waals surface area (Å²) >= 11 is 0. The third-order valence-corrected chi connectivity index (χ3v) is 2.48. The number of hydrogen-bond donors (Lipinski definition) is 5. The van der Waals surface area contributed by atoms with Gasteiger partial charge >= 0.3 is 12.1 Å². The number of hydrogen-bond acceptors (Lipinski definition) is 5. The van der Waals surface area contributed by atoms with Crippen LogP contribution in [0.2, 0.25) is 0 Å². The van der Waals surface area contributed by atoms with Gasteiger partial charge in [-0.3, -0.25) is 0 Å². The Labute approximate surface area is 109 Å². The number of hydrazine groups is 2. The molecule has 0 aliphatic rings. The number of primary amides is 2. The molecular weight excluding hydrogens is 252 g/mol. The molecule has 9 heteroatoms. The number of aliphatic hydroxyl groups is 1. The lowest BCUT2D eigenvalue weighted by Gasteiger charge is -2.22. The van der Waals surface area contributed by atoms with Crippen molar-refractivity contribution in [3.05, 3.63) is 23.8 Å². The Morgan fingerprint density at radius 1 is 1.16 bits per heavy atom. The molecule has 0 saturated heterocycles. The summed E-state index contributed by atoms with van der Waals surface area (Å²) in [4.78, 5) is 22.1. The highest BCUT2D eigenvalue weighted by Crippen LogP contribution is 2.29. The van der Waals surface area contributed by atoms with Crippen molar-refractivity contribution in [2.75, 3.05) is 10.0 Å². The largest absolute Gasteiger partial charge is 0.389 e. The normalized spacial score (nSPS) is 11.8. The van der Waals surface area contributed by atoms with Crippen LogP contribution in [0.3, 0.4) is 0 Å². The van der Waals surface area contributed by atoms with Gasteiger partial charge in [0, 0.05) is 5.56 Å². The van der Waals surface area contributed by atoms with Gasteiger partial charge in [-0.2, -0.15) is 0 Å². The molecule has 1 rings (SSSR count). The lowest BCUT2D eigenvalue weighted by molar-refractivity contribution is 0.199. The molecule has 4 amide bonds. The van der Waals surface area contributed by atoms with E-state index in [-0.39, 0.29) is 11.4 Å². The Morgan fingerprint density at radius 3 is 2.11 bits per heavy atom. The predicted octanol–water partition coefficient (Wildman–Crippen LogP) is -0.742. The van der Waals surface area contributed by atoms with Crippen LogP contribution in [0.15, 0.2) is 18.2 Å². The van der Waals surface area contributed by atoms with E-state index < -0.39 is 18.2 Å². The maximum atomic E-state index is 11.1. The monoisotopic (exact) mass is 268 g/mol. The van der Waals surface area contributed by atoms with Crippen molar-refractivity contribution in [1.29, 1.82) is 0 Å². The Hall–Kier alpha value is -2.36. The van der Waals surface area contributed by atoms with Gasteiger partial charge in [-0.15, -0.1) is 0 Å². The van der Waals surface area contributed by atoms with Crippen molar-refractivity contribution in [2.45, 2.75) is 13.0 Å². The summed E-state index contributed by atoms with van der Waals surface area (Å²) in [6.45, 7) is 1.49. The van der Waals surface area contributed by atoms with Crippen LogP contribution in [-0.2, 0) is 0 Å². The highest BCUT2D eigenvalue weighted by molar-refractivity contribution is 5.94. The summed E-state index contributed by atoms with van der Waals surface area (Å²) < 4.78 is 0. The molecule has 0 heterocycles. The fourth-order valence-electron chi connectivity index (χ4n) is 1.49. The molecule has 19 heavy (non-hydrogen) atoms. The first-order chi connectivity index (χ1) is 8.75. The van der Waals surface area contributed by atoms with E-state index in [0.717, 1.165) is 0 Å². The average molecular weight is 268 g/mol. The van der Waals surface area contributed by atoms with Gasteiger partial charge in [0.1, 0.15) is 0 Å². The molecule has 9 nitrogen and oxygen atoms in total. The third kappa shape index (κ3) is 3.10. The first-order valence-corrected chi connectivity index (χ1v) is 5.26. The Morgan fingerprint density at radius 2 is 1.68 bits per heavy atom. The topological polar surface area (TPSA) is 165 Å². The molecule has 0 bridgehead atoms. The van der Waals surface area contributed by atoms with Crippen molar-refractivity contribution in [3.8, 4) is 0 Å². The molecule has 0 fully saturated rings. The SMILES string of the molecule is CC(O)c1ccc(N(N)C(N)=O)cc1N(N)C(N)=O. The van der Waals surface area contributed by atoms with Crippen molar-refractivity contribution < 1.29 is 14.7 Å². The molecule has 1 aromatic rings. The lowest BCUT2D eigenvalue weighted by Crippen LogP contribution is -2.43. The van der Waals surface area contributed by atoms with E-state index in [0.29, 0.717) is 15.6 Å². The number of amides is 4. The molecular formula is C10H16N6O3. The maximum absolute atomic E-state index is 11.1. The van der Waals surface area contributed by atoms with Crippen molar-refractivity contribution in [1.82, 2.24) is 0 Å². The Balaban J connectivity index is 3.33. The first kappa shape index (κ1) is 14.7. The van der Waals surface area contributed by atoms with Crippen LogP contribution >= 0.6 is 0 Å². The van der Waals surface area contributed by atoms with E-state index in [1.54, 1.807) is 0 Å². The number of benzene rings is 1. The second-order valence-corrected chi connectivity index (χ2v) is 3.84. The summed E-state index contributed by atoms with van der Waals surface area (Å²) in [5.74, 6) is 10.9. The van der Waals surface area contributed by atoms with Crippen LogP contribution in [0.25, 0.3) is 0 Å². The van der Waals surface area contributed by atoms with Gasteiger partial charge in [-0.05, 0) is 19.1 Å². The lowest BCUT2D eigenvalue weighted by atomic mass is 10.1. The molecule has 0 aliphatic heterocycles. The highest BCUT2D eigenvalue weighted by atomic mass is 16.3. The van der Waals surface area contributed by atoms with E-state index in [4.69, 9.17) is 23.2 Å². The van der Waals surface area contributed by atoms with Crippen LogP contribution in [-0.4, -0.2) is 17.2 Å². The zero-order chi connectivity index (χ0) is 14.7. The summed E-state index contributed by atoms with van der Waals surface area (Å²) in [6.07, 6.45) is -0.894. The minimum atomic E-state index is -0.929. The van der Waals surface area contributed by atoms with Crippen molar-refractivity contribution in [3.63, 3.8) is 0 Å². The molecule has 1 aromatic carbocycles. The first-order valence-electron chi connectivity index (χ1n) is 5.26. The van der Waals surface area contributed by atoms with Crippen LogP contribution in [0.4, 0.5) is 21.0 Å². The summed E-state index contributed by atoms with van der Waals surface area (Å²) in [6, 6.07) is 2.41. The number of carbonyl (C=O) groups excluding carboxylic acids is 2. The molecule has 0 aromatic heterocycles. The fraction of sp³-hybridized carbons (Fsp3) is 0.200. The van der Waals surface area contributed by atoms with E-state index in [1.165, 1.54) is 25.1 Å². The van der Waals surface area contributed by atoms with Gasteiger partial charge in [0.15, 0.2) is 0 Å². The molecule has 104 valence electrons. The molecule has 0 radical (unpaired) electrons. The van der Waals surface area contributed by atoms with Crippen LogP contribution in [0.5, 0.6) is 0 Å². The van der Waals surface area contributed by atoms with Gasteiger partial charge in [0.2, 0.25) is 0 Å². The number of anilines is 2. The van der Waals surface area contributed by atoms with Gasteiger partial charge in [-0.1, -0.05) is 6.07 Å². The van der Waals surface area contributed by atoms with E-state index >= 15 is 0 Å². The summed E-state index contributed by atoms with van der Waals surface area (Å²) in [5.41, 5.74) is 10.8. The van der Waals surface area contributed by atoms with Gasteiger partial charge in [-0.25, -0.2) is 31.3 Å². The average Bonchev–Trinajstić information content (AvgIpc) is 2.35. The quantitative estimate of drug-likeness (QED) is 0.276. The number of urea groups is 2. The second-order valence-electron chi connectivity index (χ2n) is 3.84. The smallest absolute Gasteiger partial charge is 0.333 e. The highest BCUT2D eigenvalue weighted by Gasteiger charge is 2.18. The number of carbonyl (C=O) groups is 2. The van der Waals surface area contributed by atoms with E-state index in [9.17, 15) is 14.7 Å². The number of nitrogens with two attached hydrogens (primary N) is 4. The van der Waals surface area contributed by atoms with Crippen LogP contribution in [0, 0.1) is 0 Å². The van der Waals surface area contributed by atoms with Crippen LogP contribution < -0.4 is 33.2 Å². The molecule has 1 atom stereocenters. The Kier molecular flexibility index (Phi) is 4.27. The zero-order valence-electron chi connectivity index (χ0n) is 10.3. The number of aliphatic hydroxyl groups excluding tert-OH is 1. The minimum absolute atomic E-state index is 0.122. The fourth-order valence-corrected chi connectivity index (χ4v) is 1.49. The van der Waals surface area contributed by atoms with E-state index in [1.807, 2.05) is 0 Å². The van der Waals surface area contributed by atoms with Crippen LogP contribution in [0.1, 0.15) is 18.6 Å². The number of nitrogens with zero attached hydrogens (tertiary/aromatic N) is 2. The maximum Gasteiger partial charge on any atom is 0.333 e. The second kappa shape index (κ2) is 5.52. The minimum Gasteiger partial charge on any atom is -0.389 e. The molecule has 0 saturated carbocycles. The molecule has 1 unspecified atom stereocenters. The van der Waals surface area contributed by atoms with E-state index in [2.05, 4.69) is 0 Å². The predicted molar refractivity (Wildman–Crippen MR) is 69.6 cm³/mol. The summed E-state index contributed by atoms with van der Waals surface area (Å²) in [5, 5.41) is 10.9. The Bertz CT molecular complexity index is 504. The number of rotatable bonds is 3. The molecule has 9 N–H and O–H groups in total. The standard InChI is InChI=1S/C10H16N6O3/c1-5(17)7-3-2-6(15(13)9(11)18)4-8(7)16(14)10(12)19/h2-5,17H,13-14H2,1H3,(H2,11,18)(H2,12,19). The third-order valence-electron chi connectivity index (χ3n) is 2.48. The van der Waals surface area contributed by atoms with Crippen molar-refractivity contribution >= 4 is 23.4 Å². The molecule has 0 aliphatic carbocycles. The van der Waals surface area contributed by atoms with Gasteiger partial charge < -0.3 is 16.6 Å². The summed E-state index contributed by atoms with van der Waals surface area (Å²) in [7, 11) is 0. The van der Waals surface area contributed by atoms with Gasteiger partial charge in [0.05, 0.1) is 17.5 Å². The van der Waals surface area contributed by atoms with Gasteiger partial charge in [0.25, 0.3) is 0 Å². The molecule has 0 spiro atoms. The zero-order valence-corrected chi connectivity index (χ0v) is 10.3.